The molecule has 0 spiro atoms. The number of hydrogen-bond donors (Lipinski definition) is 1. The first-order chi connectivity index (χ1) is 7.92. The Hall–Kier alpha value is -1.03. The summed E-state index contributed by atoms with van der Waals surface area (Å²) in [6.07, 6.45) is 10.6. The van der Waals surface area contributed by atoms with Crippen LogP contribution < -0.4 is 10.1 Å². The number of nitrogens with zero attached hydrogens (tertiary/aromatic N) is 2. The van der Waals surface area contributed by atoms with E-state index in [-0.39, 0.29) is 0 Å². The molecule has 2 heterocycles. The molecule has 1 atom stereocenters. The van der Waals surface area contributed by atoms with Crippen LogP contribution in [0.4, 0.5) is 0 Å². The normalized spacial score (nSPS) is 26.4. The molecule has 1 aromatic rings. The SMILES string of the molecule is c1nn(C2CCCC2)cc1OC1CCNC1. The standard InChI is InChI=1S/C12H19N3O/c1-2-4-10(3-1)15-9-12(8-14-15)16-11-5-6-13-7-11/h8-11,13H,1-7H2. The fraction of sp³-hybridized carbons (Fsp3) is 0.750. The van der Waals surface area contributed by atoms with E-state index in [1.165, 1.54) is 25.7 Å². The number of rotatable bonds is 3. The Morgan fingerprint density at radius 3 is 2.94 bits per heavy atom. The third-order valence-electron chi connectivity index (χ3n) is 3.59. The van der Waals surface area contributed by atoms with E-state index in [0.717, 1.165) is 25.3 Å². The van der Waals surface area contributed by atoms with Gasteiger partial charge in [0.2, 0.25) is 0 Å². The zero-order valence-corrected chi connectivity index (χ0v) is 9.56. The first kappa shape index (κ1) is 10.1. The van der Waals surface area contributed by atoms with Crippen LogP contribution >= 0.6 is 0 Å². The highest BCUT2D eigenvalue weighted by molar-refractivity contribution is 5.13. The van der Waals surface area contributed by atoms with Gasteiger partial charge in [0.1, 0.15) is 6.10 Å². The van der Waals surface area contributed by atoms with Crippen molar-refractivity contribution in [1.82, 2.24) is 15.1 Å². The van der Waals surface area contributed by atoms with Gasteiger partial charge in [-0.15, -0.1) is 0 Å². The second-order valence-electron chi connectivity index (χ2n) is 4.83. The minimum Gasteiger partial charge on any atom is -0.486 e. The van der Waals surface area contributed by atoms with Crippen LogP contribution in [0.5, 0.6) is 5.75 Å². The molecule has 2 fully saturated rings. The lowest BCUT2D eigenvalue weighted by Crippen LogP contribution is -2.19. The highest BCUT2D eigenvalue weighted by Crippen LogP contribution is 2.30. The molecule has 0 aromatic carbocycles. The largest absolute Gasteiger partial charge is 0.486 e. The summed E-state index contributed by atoms with van der Waals surface area (Å²) in [6, 6.07) is 0.610. The van der Waals surface area contributed by atoms with E-state index in [1.54, 1.807) is 0 Å². The maximum absolute atomic E-state index is 5.87. The van der Waals surface area contributed by atoms with E-state index >= 15 is 0 Å². The van der Waals surface area contributed by atoms with Gasteiger partial charge in [0.05, 0.1) is 18.4 Å². The Bertz CT molecular complexity index is 338. The Kier molecular flexibility index (Phi) is 2.82. The van der Waals surface area contributed by atoms with Crippen LogP contribution in [0.2, 0.25) is 0 Å². The van der Waals surface area contributed by atoms with E-state index in [0.29, 0.717) is 12.1 Å². The summed E-state index contributed by atoms with van der Waals surface area (Å²) in [4.78, 5) is 0. The molecule has 3 rings (SSSR count). The van der Waals surface area contributed by atoms with Gasteiger partial charge >= 0.3 is 0 Å². The van der Waals surface area contributed by atoms with Crippen LogP contribution in [-0.4, -0.2) is 29.0 Å². The second kappa shape index (κ2) is 4.45. The summed E-state index contributed by atoms with van der Waals surface area (Å²) < 4.78 is 7.96. The molecule has 4 nitrogen and oxygen atoms in total. The van der Waals surface area contributed by atoms with Gasteiger partial charge in [0.25, 0.3) is 0 Å². The van der Waals surface area contributed by atoms with Crippen molar-refractivity contribution in [1.29, 1.82) is 0 Å². The molecule has 0 amide bonds. The predicted molar refractivity (Wildman–Crippen MR) is 61.6 cm³/mol. The molecule has 1 saturated heterocycles. The van der Waals surface area contributed by atoms with E-state index in [2.05, 4.69) is 21.3 Å². The average Bonchev–Trinajstić information content (AvgIpc) is 2.99. The highest BCUT2D eigenvalue weighted by Gasteiger charge is 2.20. The Morgan fingerprint density at radius 2 is 2.19 bits per heavy atom. The average molecular weight is 221 g/mol. The van der Waals surface area contributed by atoms with Crippen LogP contribution in [0, 0.1) is 0 Å². The van der Waals surface area contributed by atoms with E-state index < -0.39 is 0 Å². The van der Waals surface area contributed by atoms with Gasteiger partial charge in [-0.25, -0.2) is 0 Å². The Morgan fingerprint density at radius 1 is 1.31 bits per heavy atom. The van der Waals surface area contributed by atoms with Crippen molar-refractivity contribution in [3.05, 3.63) is 12.4 Å². The molecule has 1 saturated carbocycles. The summed E-state index contributed by atoms with van der Waals surface area (Å²) >= 11 is 0. The minimum absolute atomic E-state index is 0.334. The number of hydrogen-bond acceptors (Lipinski definition) is 3. The molecule has 0 radical (unpaired) electrons. The maximum atomic E-state index is 5.87. The molecule has 1 N–H and O–H groups in total. The van der Waals surface area contributed by atoms with Gasteiger partial charge < -0.3 is 10.1 Å². The van der Waals surface area contributed by atoms with Crippen LogP contribution in [-0.2, 0) is 0 Å². The number of nitrogens with one attached hydrogen (secondary N) is 1. The Labute approximate surface area is 96.0 Å². The predicted octanol–water partition coefficient (Wildman–Crippen LogP) is 1.74. The third kappa shape index (κ3) is 2.07. The molecule has 1 aliphatic heterocycles. The van der Waals surface area contributed by atoms with Crippen LogP contribution in [0.3, 0.4) is 0 Å². The molecule has 1 unspecified atom stereocenters. The molecule has 16 heavy (non-hydrogen) atoms. The van der Waals surface area contributed by atoms with Crippen molar-refractivity contribution >= 4 is 0 Å². The fourth-order valence-electron chi connectivity index (χ4n) is 2.67. The lowest BCUT2D eigenvalue weighted by Gasteiger charge is -2.10. The van der Waals surface area contributed by atoms with Crippen molar-refractivity contribution < 1.29 is 4.74 Å². The fourth-order valence-corrected chi connectivity index (χ4v) is 2.67. The van der Waals surface area contributed by atoms with Crippen LogP contribution in [0.25, 0.3) is 0 Å². The third-order valence-corrected chi connectivity index (χ3v) is 3.59. The number of ether oxygens (including phenoxy) is 1. The van der Waals surface area contributed by atoms with Gasteiger partial charge in [0, 0.05) is 6.54 Å². The van der Waals surface area contributed by atoms with Gasteiger partial charge in [-0.05, 0) is 25.8 Å². The lowest BCUT2D eigenvalue weighted by atomic mass is 10.3. The molecule has 1 aromatic heterocycles. The molecular formula is C12H19N3O. The summed E-state index contributed by atoms with van der Waals surface area (Å²) in [6.45, 7) is 2.04. The summed E-state index contributed by atoms with van der Waals surface area (Å²) in [5.41, 5.74) is 0. The van der Waals surface area contributed by atoms with Gasteiger partial charge in [0.15, 0.2) is 5.75 Å². The van der Waals surface area contributed by atoms with Crippen LogP contribution in [0.15, 0.2) is 12.4 Å². The molecular weight excluding hydrogens is 202 g/mol. The van der Waals surface area contributed by atoms with Crippen molar-refractivity contribution in [3.63, 3.8) is 0 Å². The number of aromatic nitrogens is 2. The first-order valence-corrected chi connectivity index (χ1v) is 6.33. The van der Waals surface area contributed by atoms with Crippen molar-refractivity contribution in [2.45, 2.75) is 44.2 Å². The van der Waals surface area contributed by atoms with Crippen molar-refractivity contribution in [2.24, 2.45) is 0 Å². The second-order valence-corrected chi connectivity index (χ2v) is 4.83. The van der Waals surface area contributed by atoms with E-state index in [4.69, 9.17) is 4.74 Å². The monoisotopic (exact) mass is 221 g/mol. The lowest BCUT2D eigenvalue weighted by molar-refractivity contribution is 0.222. The highest BCUT2D eigenvalue weighted by atomic mass is 16.5. The van der Waals surface area contributed by atoms with Crippen molar-refractivity contribution in [3.8, 4) is 5.75 Å². The van der Waals surface area contributed by atoms with Crippen molar-refractivity contribution in [2.75, 3.05) is 13.1 Å². The summed E-state index contributed by atoms with van der Waals surface area (Å²) in [7, 11) is 0. The minimum atomic E-state index is 0.334. The summed E-state index contributed by atoms with van der Waals surface area (Å²) in [5.74, 6) is 0.931. The van der Waals surface area contributed by atoms with Gasteiger partial charge in [-0.2, -0.15) is 5.10 Å². The zero-order chi connectivity index (χ0) is 10.8. The van der Waals surface area contributed by atoms with E-state index in [9.17, 15) is 0 Å². The van der Waals surface area contributed by atoms with E-state index in [1.807, 2.05) is 6.20 Å². The summed E-state index contributed by atoms with van der Waals surface area (Å²) in [5, 5.41) is 7.71. The molecule has 88 valence electrons. The molecule has 1 aliphatic carbocycles. The first-order valence-electron chi connectivity index (χ1n) is 6.33. The molecule has 4 heteroatoms. The Balaban J connectivity index is 1.62. The molecule has 0 bridgehead atoms. The molecule has 2 aliphatic rings. The zero-order valence-electron chi connectivity index (χ0n) is 9.56. The quantitative estimate of drug-likeness (QED) is 0.845. The van der Waals surface area contributed by atoms with Crippen LogP contribution in [0.1, 0.15) is 38.1 Å². The maximum Gasteiger partial charge on any atom is 0.157 e. The topological polar surface area (TPSA) is 39.1 Å². The smallest absolute Gasteiger partial charge is 0.157 e. The van der Waals surface area contributed by atoms with Gasteiger partial charge in [-0.1, -0.05) is 12.8 Å². The van der Waals surface area contributed by atoms with Gasteiger partial charge in [-0.3, -0.25) is 4.68 Å².